The van der Waals surface area contributed by atoms with Gasteiger partial charge in [-0.3, -0.25) is 9.69 Å². The quantitative estimate of drug-likeness (QED) is 0.769. The van der Waals surface area contributed by atoms with Gasteiger partial charge in [-0.2, -0.15) is 0 Å². The number of carbonyl (C=O) groups excluding carboxylic acids is 1. The fourth-order valence-electron chi connectivity index (χ4n) is 3.13. The highest BCUT2D eigenvalue weighted by Gasteiger charge is 2.37. The number of carbonyl (C=O) groups is 1. The molecule has 0 aromatic heterocycles. The van der Waals surface area contributed by atoms with E-state index >= 15 is 0 Å². The van der Waals surface area contributed by atoms with Gasteiger partial charge in [0.05, 0.1) is 6.04 Å². The van der Waals surface area contributed by atoms with Crippen LogP contribution >= 0.6 is 0 Å². The summed E-state index contributed by atoms with van der Waals surface area (Å²) in [7, 11) is 0. The highest BCUT2D eigenvalue weighted by molar-refractivity contribution is 5.99. The Kier molecular flexibility index (Phi) is 4.10. The number of benzene rings is 1. The van der Waals surface area contributed by atoms with Crippen molar-refractivity contribution in [1.29, 1.82) is 0 Å². The number of nitrogens with zero attached hydrogens (tertiary/aromatic N) is 1. The molecule has 1 saturated heterocycles. The SMILES string of the molecule is CCc1ccc(C(=O)C(C)N2CCCC2(C)C)cc1. The molecule has 0 spiro atoms. The van der Waals surface area contributed by atoms with Crippen molar-refractivity contribution >= 4 is 5.78 Å². The van der Waals surface area contributed by atoms with Crippen molar-refractivity contribution in [3.63, 3.8) is 0 Å². The molecule has 104 valence electrons. The first kappa shape index (κ1) is 14.3. The van der Waals surface area contributed by atoms with Gasteiger partial charge in [-0.15, -0.1) is 0 Å². The molecule has 2 rings (SSSR count). The molecule has 0 amide bonds. The van der Waals surface area contributed by atoms with Crippen LogP contribution in [0.25, 0.3) is 0 Å². The van der Waals surface area contributed by atoms with Crippen molar-refractivity contribution in [2.45, 2.75) is 58.5 Å². The van der Waals surface area contributed by atoms with E-state index in [0.717, 1.165) is 18.5 Å². The third kappa shape index (κ3) is 2.89. The zero-order valence-corrected chi connectivity index (χ0v) is 12.6. The number of Topliss-reactive ketones (excluding diaryl/α,β-unsaturated/α-hetero) is 1. The van der Waals surface area contributed by atoms with Crippen molar-refractivity contribution in [2.75, 3.05) is 6.54 Å². The van der Waals surface area contributed by atoms with Gasteiger partial charge in [-0.1, -0.05) is 31.2 Å². The summed E-state index contributed by atoms with van der Waals surface area (Å²) in [5, 5.41) is 0. The Morgan fingerprint density at radius 1 is 1.32 bits per heavy atom. The lowest BCUT2D eigenvalue weighted by Crippen LogP contribution is -2.47. The molecule has 1 unspecified atom stereocenters. The lowest BCUT2D eigenvalue weighted by Gasteiger charge is -2.35. The van der Waals surface area contributed by atoms with E-state index in [1.807, 2.05) is 19.1 Å². The highest BCUT2D eigenvalue weighted by atomic mass is 16.1. The minimum absolute atomic E-state index is 0.0232. The Hall–Kier alpha value is -1.15. The second kappa shape index (κ2) is 5.46. The van der Waals surface area contributed by atoms with Gasteiger partial charge in [0.1, 0.15) is 0 Å². The monoisotopic (exact) mass is 259 g/mol. The van der Waals surface area contributed by atoms with Crippen LogP contribution < -0.4 is 0 Å². The number of rotatable bonds is 4. The molecule has 1 aromatic rings. The molecule has 1 fully saturated rings. The number of aryl methyl sites for hydroxylation is 1. The molecule has 1 heterocycles. The van der Waals surface area contributed by atoms with Crippen LogP contribution in [0.3, 0.4) is 0 Å². The van der Waals surface area contributed by atoms with Crippen molar-refractivity contribution in [1.82, 2.24) is 4.90 Å². The van der Waals surface area contributed by atoms with Crippen LogP contribution in [0.4, 0.5) is 0 Å². The number of hydrogen-bond acceptors (Lipinski definition) is 2. The second-order valence-electron chi connectivity index (χ2n) is 6.20. The van der Waals surface area contributed by atoms with E-state index in [1.165, 1.54) is 18.4 Å². The molecule has 1 aromatic carbocycles. The zero-order valence-electron chi connectivity index (χ0n) is 12.6. The summed E-state index contributed by atoms with van der Waals surface area (Å²) in [4.78, 5) is 14.9. The Morgan fingerprint density at radius 2 is 1.95 bits per heavy atom. The molecule has 1 aliphatic rings. The fourth-order valence-corrected chi connectivity index (χ4v) is 3.13. The van der Waals surface area contributed by atoms with Crippen LogP contribution in [0.1, 0.15) is 56.5 Å². The summed E-state index contributed by atoms with van der Waals surface area (Å²) in [5.41, 5.74) is 2.27. The van der Waals surface area contributed by atoms with Gasteiger partial charge in [-0.25, -0.2) is 0 Å². The summed E-state index contributed by atoms with van der Waals surface area (Å²) in [6, 6.07) is 8.05. The lowest BCUT2D eigenvalue weighted by atomic mass is 9.97. The van der Waals surface area contributed by atoms with E-state index < -0.39 is 0 Å². The summed E-state index contributed by atoms with van der Waals surface area (Å²) >= 11 is 0. The van der Waals surface area contributed by atoms with Crippen molar-refractivity contribution in [3.05, 3.63) is 35.4 Å². The van der Waals surface area contributed by atoms with Gasteiger partial charge in [0.15, 0.2) is 5.78 Å². The minimum Gasteiger partial charge on any atom is -0.292 e. The second-order valence-corrected chi connectivity index (χ2v) is 6.20. The summed E-state index contributed by atoms with van der Waals surface area (Å²) < 4.78 is 0. The number of hydrogen-bond donors (Lipinski definition) is 0. The number of likely N-dealkylation sites (tertiary alicyclic amines) is 1. The normalized spacial score (nSPS) is 20.4. The first-order valence-corrected chi connectivity index (χ1v) is 7.35. The van der Waals surface area contributed by atoms with Gasteiger partial charge in [0, 0.05) is 11.1 Å². The highest BCUT2D eigenvalue weighted by Crippen LogP contribution is 2.31. The molecule has 1 atom stereocenters. The summed E-state index contributed by atoms with van der Waals surface area (Å²) in [5.74, 6) is 0.248. The third-order valence-electron chi connectivity index (χ3n) is 4.46. The van der Waals surface area contributed by atoms with Crippen LogP contribution in [-0.2, 0) is 6.42 Å². The average molecular weight is 259 g/mol. The molecule has 0 saturated carbocycles. The van der Waals surface area contributed by atoms with Crippen LogP contribution in [0.2, 0.25) is 0 Å². The predicted molar refractivity (Wildman–Crippen MR) is 79.6 cm³/mol. The fraction of sp³-hybridized carbons (Fsp3) is 0.588. The van der Waals surface area contributed by atoms with E-state index in [9.17, 15) is 4.79 Å². The lowest BCUT2D eigenvalue weighted by molar-refractivity contribution is 0.0722. The zero-order chi connectivity index (χ0) is 14.0. The molecule has 19 heavy (non-hydrogen) atoms. The van der Waals surface area contributed by atoms with Crippen LogP contribution in [0.5, 0.6) is 0 Å². The van der Waals surface area contributed by atoms with E-state index in [4.69, 9.17) is 0 Å². The van der Waals surface area contributed by atoms with Crippen molar-refractivity contribution < 1.29 is 4.79 Å². The Labute approximate surface area is 116 Å². The van der Waals surface area contributed by atoms with Gasteiger partial charge in [0.25, 0.3) is 0 Å². The predicted octanol–water partition coefficient (Wildman–Crippen LogP) is 3.69. The van der Waals surface area contributed by atoms with E-state index in [1.54, 1.807) is 0 Å². The van der Waals surface area contributed by atoms with Gasteiger partial charge in [0.2, 0.25) is 0 Å². The Morgan fingerprint density at radius 3 is 2.42 bits per heavy atom. The minimum atomic E-state index is -0.0232. The topological polar surface area (TPSA) is 20.3 Å². The van der Waals surface area contributed by atoms with Crippen molar-refractivity contribution in [2.24, 2.45) is 0 Å². The smallest absolute Gasteiger partial charge is 0.179 e. The first-order chi connectivity index (χ1) is 8.95. The molecule has 0 bridgehead atoms. The standard InChI is InChI=1S/C17H25NO/c1-5-14-7-9-15(10-8-14)16(19)13(2)18-12-6-11-17(18,3)4/h7-10,13H,5-6,11-12H2,1-4H3. The van der Waals surface area contributed by atoms with Crippen LogP contribution in [-0.4, -0.2) is 28.8 Å². The molecule has 0 N–H and O–H groups in total. The maximum atomic E-state index is 12.6. The van der Waals surface area contributed by atoms with Gasteiger partial charge < -0.3 is 0 Å². The average Bonchev–Trinajstić information content (AvgIpc) is 2.77. The molecule has 0 aliphatic carbocycles. The van der Waals surface area contributed by atoms with E-state index in [-0.39, 0.29) is 17.4 Å². The van der Waals surface area contributed by atoms with E-state index in [0.29, 0.717) is 0 Å². The first-order valence-electron chi connectivity index (χ1n) is 7.35. The maximum absolute atomic E-state index is 12.6. The maximum Gasteiger partial charge on any atom is 0.179 e. The third-order valence-corrected chi connectivity index (χ3v) is 4.46. The molecule has 2 nitrogen and oxygen atoms in total. The summed E-state index contributed by atoms with van der Waals surface area (Å²) in [6.45, 7) is 9.69. The largest absolute Gasteiger partial charge is 0.292 e. The van der Waals surface area contributed by atoms with Gasteiger partial charge >= 0.3 is 0 Å². The summed E-state index contributed by atoms with van der Waals surface area (Å²) in [6.07, 6.45) is 3.39. The van der Waals surface area contributed by atoms with Crippen molar-refractivity contribution in [3.8, 4) is 0 Å². The van der Waals surface area contributed by atoms with E-state index in [2.05, 4.69) is 37.8 Å². The molecule has 1 aliphatic heterocycles. The molecule has 2 heteroatoms. The van der Waals surface area contributed by atoms with Crippen LogP contribution in [0, 0.1) is 0 Å². The number of ketones is 1. The molecular weight excluding hydrogens is 234 g/mol. The van der Waals surface area contributed by atoms with Crippen LogP contribution in [0.15, 0.2) is 24.3 Å². The molecule has 0 radical (unpaired) electrons. The molecular formula is C17H25NO. The Bertz CT molecular complexity index is 447. The van der Waals surface area contributed by atoms with Gasteiger partial charge in [-0.05, 0) is 52.1 Å². The Balaban J connectivity index is 2.14.